The molecule has 0 saturated heterocycles. The molecule has 1 aromatic rings. The van der Waals surface area contributed by atoms with E-state index in [1.54, 1.807) is 0 Å². The lowest BCUT2D eigenvalue weighted by molar-refractivity contribution is -0.151. The molecule has 2 N–H and O–H groups in total. The highest BCUT2D eigenvalue weighted by molar-refractivity contribution is 5.76. The summed E-state index contributed by atoms with van der Waals surface area (Å²) in [4.78, 5) is 11.6. The second-order valence-electron chi connectivity index (χ2n) is 4.26. The predicted octanol–water partition coefficient (Wildman–Crippen LogP) is 2.27. The molecule has 2 atom stereocenters. The van der Waals surface area contributed by atoms with Gasteiger partial charge in [-0.15, -0.1) is 0 Å². The van der Waals surface area contributed by atoms with Gasteiger partial charge in [-0.25, -0.2) is 0 Å². The van der Waals surface area contributed by atoms with Crippen molar-refractivity contribution in [2.75, 3.05) is 0 Å². The average Bonchev–Trinajstić information content (AvgIpc) is 2.28. The summed E-state index contributed by atoms with van der Waals surface area (Å²) in [6.07, 6.45) is -0.251. The number of rotatable bonds is 4. The topological polar surface area (TPSA) is 52.3 Å². The molecule has 16 heavy (non-hydrogen) atoms. The van der Waals surface area contributed by atoms with Crippen molar-refractivity contribution < 1.29 is 9.53 Å². The standard InChI is InChI=1S/C13H19NO2/c1-9(2)12(14)13(15)16-10(3)11-7-5-4-6-8-11/h4-10,12H,14H2,1-3H3/t10-,12-/m0/s1. The lowest BCUT2D eigenvalue weighted by atomic mass is 10.1. The van der Waals surface area contributed by atoms with Crippen LogP contribution in [0.25, 0.3) is 0 Å². The van der Waals surface area contributed by atoms with E-state index in [2.05, 4.69) is 0 Å². The Kier molecular flexibility index (Phi) is 4.50. The summed E-state index contributed by atoms with van der Waals surface area (Å²) in [6.45, 7) is 5.65. The van der Waals surface area contributed by atoms with Crippen molar-refractivity contribution in [2.24, 2.45) is 11.7 Å². The van der Waals surface area contributed by atoms with E-state index in [-0.39, 0.29) is 18.0 Å². The van der Waals surface area contributed by atoms with Crippen LogP contribution < -0.4 is 5.73 Å². The van der Waals surface area contributed by atoms with E-state index >= 15 is 0 Å². The Bertz CT molecular complexity index is 335. The molecule has 3 heteroatoms. The maximum atomic E-state index is 11.6. The molecule has 88 valence electrons. The molecule has 0 amide bonds. The van der Waals surface area contributed by atoms with Crippen LogP contribution in [-0.2, 0) is 9.53 Å². The highest BCUT2D eigenvalue weighted by atomic mass is 16.5. The number of esters is 1. The Morgan fingerprint density at radius 2 is 1.75 bits per heavy atom. The van der Waals surface area contributed by atoms with Crippen molar-refractivity contribution in [3.63, 3.8) is 0 Å². The number of nitrogens with two attached hydrogens (primary N) is 1. The SMILES string of the molecule is CC(C)[C@H](N)C(=O)O[C@@H](C)c1ccccc1. The molecule has 0 aliphatic rings. The number of ether oxygens (including phenoxy) is 1. The van der Waals surface area contributed by atoms with Gasteiger partial charge in [-0.05, 0) is 18.4 Å². The van der Waals surface area contributed by atoms with E-state index in [9.17, 15) is 4.79 Å². The Morgan fingerprint density at radius 3 is 2.25 bits per heavy atom. The van der Waals surface area contributed by atoms with Gasteiger partial charge in [0.05, 0.1) is 0 Å². The third-order valence-corrected chi connectivity index (χ3v) is 2.55. The molecule has 0 aromatic heterocycles. The molecule has 1 rings (SSSR count). The van der Waals surface area contributed by atoms with E-state index in [0.29, 0.717) is 0 Å². The molecule has 0 radical (unpaired) electrons. The van der Waals surface area contributed by atoms with Gasteiger partial charge in [0, 0.05) is 0 Å². The van der Waals surface area contributed by atoms with Crippen molar-refractivity contribution in [1.29, 1.82) is 0 Å². The summed E-state index contributed by atoms with van der Waals surface area (Å²) in [5.74, 6) is -0.248. The van der Waals surface area contributed by atoms with E-state index in [1.807, 2.05) is 51.1 Å². The van der Waals surface area contributed by atoms with Gasteiger partial charge in [-0.3, -0.25) is 4.79 Å². The maximum Gasteiger partial charge on any atom is 0.323 e. The minimum atomic E-state index is -0.550. The van der Waals surface area contributed by atoms with E-state index in [1.165, 1.54) is 0 Å². The largest absolute Gasteiger partial charge is 0.457 e. The zero-order valence-electron chi connectivity index (χ0n) is 10.0. The monoisotopic (exact) mass is 221 g/mol. The number of carbonyl (C=O) groups is 1. The van der Waals surface area contributed by atoms with Gasteiger partial charge in [-0.1, -0.05) is 44.2 Å². The first-order valence-corrected chi connectivity index (χ1v) is 5.53. The molecule has 0 bridgehead atoms. The Balaban J connectivity index is 2.58. The number of benzene rings is 1. The normalized spacial score (nSPS) is 14.6. The van der Waals surface area contributed by atoms with Gasteiger partial charge < -0.3 is 10.5 Å². The number of carbonyl (C=O) groups excluding carboxylic acids is 1. The zero-order valence-corrected chi connectivity index (χ0v) is 10.0. The van der Waals surface area contributed by atoms with E-state index in [4.69, 9.17) is 10.5 Å². The number of hydrogen-bond acceptors (Lipinski definition) is 3. The van der Waals surface area contributed by atoms with Crippen molar-refractivity contribution in [1.82, 2.24) is 0 Å². The van der Waals surface area contributed by atoms with Crippen LogP contribution in [0.4, 0.5) is 0 Å². The first-order chi connectivity index (χ1) is 7.52. The average molecular weight is 221 g/mol. The molecule has 0 heterocycles. The predicted molar refractivity (Wildman–Crippen MR) is 63.8 cm³/mol. The maximum absolute atomic E-state index is 11.6. The molecular weight excluding hydrogens is 202 g/mol. The van der Waals surface area contributed by atoms with Gasteiger partial charge in [-0.2, -0.15) is 0 Å². The Labute approximate surface area is 96.6 Å². The van der Waals surface area contributed by atoms with Crippen molar-refractivity contribution in [3.05, 3.63) is 35.9 Å². The smallest absolute Gasteiger partial charge is 0.323 e. The molecule has 0 aliphatic heterocycles. The van der Waals surface area contributed by atoms with E-state index in [0.717, 1.165) is 5.56 Å². The van der Waals surface area contributed by atoms with Gasteiger partial charge in [0.25, 0.3) is 0 Å². The molecule has 0 saturated carbocycles. The van der Waals surface area contributed by atoms with Crippen LogP contribution in [-0.4, -0.2) is 12.0 Å². The molecule has 0 spiro atoms. The number of hydrogen-bond donors (Lipinski definition) is 1. The Morgan fingerprint density at radius 1 is 1.19 bits per heavy atom. The second-order valence-corrected chi connectivity index (χ2v) is 4.26. The highest BCUT2D eigenvalue weighted by Crippen LogP contribution is 2.17. The fourth-order valence-electron chi connectivity index (χ4n) is 1.32. The summed E-state index contributed by atoms with van der Waals surface area (Å²) in [5, 5.41) is 0. The summed E-state index contributed by atoms with van der Waals surface area (Å²) >= 11 is 0. The first kappa shape index (κ1) is 12.7. The summed E-state index contributed by atoms with van der Waals surface area (Å²) in [7, 11) is 0. The molecule has 1 aromatic carbocycles. The Hall–Kier alpha value is -1.35. The van der Waals surface area contributed by atoms with Crippen LogP contribution in [0.1, 0.15) is 32.4 Å². The minimum Gasteiger partial charge on any atom is -0.457 e. The van der Waals surface area contributed by atoms with E-state index < -0.39 is 6.04 Å². The first-order valence-electron chi connectivity index (χ1n) is 5.53. The quantitative estimate of drug-likeness (QED) is 0.793. The molecule has 0 aliphatic carbocycles. The second kappa shape index (κ2) is 5.66. The summed E-state index contributed by atoms with van der Waals surface area (Å²) in [6, 6.07) is 9.07. The molecular formula is C13H19NO2. The third kappa shape index (κ3) is 3.35. The molecule has 0 unspecified atom stereocenters. The van der Waals surface area contributed by atoms with Crippen LogP contribution >= 0.6 is 0 Å². The highest BCUT2D eigenvalue weighted by Gasteiger charge is 2.21. The summed E-state index contributed by atoms with van der Waals surface area (Å²) < 4.78 is 5.30. The van der Waals surface area contributed by atoms with Crippen LogP contribution in [0.2, 0.25) is 0 Å². The third-order valence-electron chi connectivity index (χ3n) is 2.55. The fourth-order valence-corrected chi connectivity index (χ4v) is 1.32. The summed E-state index contributed by atoms with van der Waals surface area (Å²) in [5.41, 5.74) is 6.69. The van der Waals surface area contributed by atoms with Crippen LogP contribution in [0.5, 0.6) is 0 Å². The minimum absolute atomic E-state index is 0.0930. The van der Waals surface area contributed by atoms with Crippen molar-refractivity contribution in [2.45, 2.75) is 32.9 Å². The zero-order chi connectivity index (χ0) is 12.1. The van der Waals surface area contributed by atoms with Gasteiger partial charge in [0.2, 0.25) is 0 Å². The molecule has 0 fully saturated rings. The van der Waals surface area contributed by atoms with Crippen molar-refractivity contribution >= 4 is 5.97 Å². The van der Waals surface area contributed by atoms with Crippen LogP contribution in [0.3, 0.4) is 0 Å². The van der Waals surface area contributed by atoms with Crippen LogP contribution in [0.15, 0.2) is 30.3 Å². The van der Waals surface area contributed by atoms with Gasteiger partial charge in [0.1, 0.15) is 12.1 Å². The van der Waals surface area contributed by atoms with Crippen LogP contribution in [0, 0.1) is 5.92 Å². The lowest BCUT2D eigenvalue weighted by Crippen LogP contribution is -2.37. The van der Waals surface area contributed by atoms with Gasteiger partial charge >= 0.3 is 5.97 Å². The lowest BCUT2D eigenvalue weighted by Gasteiger charge is -2.18. The van der Waals surface area contributed by atoms with Crippen molar-refractivity contribution in [3.8, 4) is 0 Å². The molecule has 3 nitrogen and oxygen atoms in total. The van der Waals surface area contributed by atoms with Gasteiger partial charge in [0.15, 0.2) is 0 Å². The fraction of sp³-hybridized carbons (Fsp3) is 0.462.